The molecule has 0 heterocycles. The van der Waals surface area contributed by atoms with Crippen LogP contribution in [0.15, 0.2) is 30.3 Å². The molecule has 1 N–H and O–H groups in total. The van der Waals surface area contributed by atoms with E-state index in [-0.39, 0.29) is 5.75 Å². The van der Waals surface area contributed by atoms with Gasteiger partial charge in [-0.3, -0.25) is 4.55 Å². The lowest BCUT2D eigenvalue weighted by Gasteiger charge is -2.12. The maximum absolute atomic E-state index is 12.7. The summed E-state index contributed by atoms with van der Waals surface area (Å²) in [7, 11) is -5.64. The number of hydrogen-bond donors (Lipinski definition) is 1. The highest BCUT2D eigenvalue weighted by Gasteiger charge is 2.45. The SMILES string of the molecule is O=C(OCC(F)(F)S(=O)(=O)O)Oc1ccccc1. The van der Waals surface area contributed by atoms with Crippen molar-refractivity contribution in [1.29, 1.82) is 0 Å². The molecule has 6 nitrogen and oxygen atoms in total. The summed E-state index contributed by atoms with van der Waals surface area (Å²) in [5, 5.41) is -4.58. The molecule has 0 aliphatic heterocycles. The van der Waals surface area contributed by atoms with Crippen LogP contribution in [0.4, 0.5) is 13.6 Å². The fourth-order valence-corrected chi connectivity index (χ4v) is 1.04. The third-order valence-corrected chi connectivity index (χ3v) is 2.55. The van der Waals surface area contributed by atoms with E-state index in [1.54, 1.807) is 6.07 Å². The zero-order valence-corrected chi connectivity index (χ0v) is 9.56. The minimum Gasteiger partial charge on any atom is -0.426 e. The molecular weight excluding hydrogens is 274 g/mol. The number of alkyl halides is 2. The topological polar surface area (TPSA) is 89.9 Å². The van der Waals surface area contributed by atoms with Crippen molar-refractivity contribution < 1.29 is 36.0 Å². The Labute approximate surface area is 101 Å². The van der Waals surface area contributed by atoms with E-state index in [0.29, 0.717) is 0 Å². The van der Waals surface area contributed by atoms with E-state index < -0.39 is 28.1 Å². The molecule has 0 aliphatic carbocycles. The fraction of sp³-hybridized carbons (Fsp3) is 0.222. The first-order valence-corrected chi connectivity index (χ1v) is 5.91. The Morgan fingerprint density at radius 2 is 1.83 bits per heavy atom. The second kappa shape index (κ2) is 5.27. The van der Waals surface area contributed by atoms with E-state index in [4.69, 9.17) is 4.55 Å². The maximum atomic E-state index is 12.7. The predicted molar refractivity (Wildman–Crippen MR) is 54.9 cm³/mol. The Hall–Kier alpha value is -1.74. The molecule has 0 fully saturated rings. The highest BCUT2D eigenvalue weighted by atomic mass is 32.2. The van der Waals surface area contributed by atoms with Gasteiger partial charge in [-0.25, -0.2) is 4.79 Å². The molecule has 0 radical (unpaired) electrons. The molecular formula is C9H8F2O6S. The van der Waals surface area contributed by atoms with Crippen LogP contribution in [-0.4, -0.2) is 31.0 Å². The van der Waals surface area contributed by atoms with Crippen molar-refractivity contribution in [3.05, 3.63) is 30.3 Å². The van der Waals surface area contributed by atoms with Gasteiger partial charge in [0, 0.05) is 0 Å². The van der Waals surface area contributed by atoms with Crippen LogP contribution in [-0.2, 0) is 14.9 Å². The zero-order chi connectivity index (χ0) is 13.8. The van der Waals surface area contributed by atoms with Crippen LogP contribution in [0, 0.1) is 0 Å². The van der Waals surface area contributed by atoms with Crippen molar-refractivity contribution in [3.8, 4) is 5.75 Å². The van der Waals surface area contributed by atoms with Gasteiger partial charge < -0.3 is 9.47 Å². The molecule has 0 aromatic heterocycles. The van der Waals surface area contributed by atoms with Crippen LogP contribution in [0.3, 0.4) is 0 Å². The second-order valence-corrected chi connectivity index (χ2v) is 4.61. The standard InChI is InChI=1S/C9H8F2O6S/c10-9(11,18(13,14)15)6-16-8(12)17-7-4-2-1-3-5-7/h1-5H,6H2,(H,13,14,15). The lowest BCUT2D eigenvalue weighted by atomic mass is 10.3. The summed E-state index contributed by atoms with van der Waals surface area (Å²) in [5.41, 5.74) is 0. The molecule has 1 rings (SSSR count). The fourth-order valence-electron chi connectivity index (χ4n) is 0.832. The van der Waals surface area contributed by atoms with E-state index in [9.17, 15) is 22.0 Å². The third kappa shape index (κ3) is 3.93. The van der Waals surface area contributed by atoms with E-state index in [1.807, 2.05) is 0 Å². The summed E-state index contributed by atoms with van der Waals surface area (Å²) < 4.78 is 62.2. The summed E-state index contributed by atoms with van der Waals surface area (Å²) in [6, 6.07) is 7.40. The molecule has 9 heteroatoms. The van der Waals surface area contributed by atoms with Crippen LogP contribution < -0.4 is 4.74 Å². The molecule has 0 saturated carbocycles. The number of hydrogen-bond acceptors (Lipinski definition) is 5. The largest absolute Gasteiger partial charge is 0.514 e. The molecule has 1 aromatic carbocycles. The zero-order valence-electron chi connectivity index (χ0n) is 8.75. The molecule has 0 amide bonds. The van der Waals surface area contributed by atoms with Crippen molar-refractivity contribution in [2.75, 3.05) is 6.61 Å². The van der Waals surface area contributed by atoms with E-state index in [0.717, 1.165) is 0 Å². The van der Waals surface area contributed by atoms with Gasteiger partial charge in [-0.05, 0) is 12.1 Å². The normalized spacial score (nSPS) is 11.9. The molecule has 0 spiro atoms. The van der Waals surface area contributed by atoms with Gasteiger partial charge in [-0.2, -0.15) is 17.2 Å². The minimum absolute atomic E-state index is 0.0395. The maximum Gasteiger partial charge on any atom is 0.514 e. The Bertz CT molecular complexity index is 513. The Kier molecular flexibility index (Phi) is 4.19. The van der Waals surface area contributed by atoms with Crippen molar-refractivity contribution in [2.45, 2.75) is 5.25 Å². The van der Waals surface area contributed by atoms with Crippen LogP contribution in [0.1, 0.15) is 0 Å². The number of benzene rings is 1. The van der Waals surface area contributed by atoms with Crippen LogP contribution in [0.25, 0.3) is 0 Å². The summed E-state index contributed by atoms with van der Waals surface area (Å²) in [4.78, 5) is 10.9. The Balaban J connectivity index is 2.53. The third-order valence-electron chi connectivity index (χ3n) is 1.68. The highest BCUT2D eigenvalue weighted by Crippen LogP contribution is 2.21. The molecule has 0 saturated heterocycles. The van der Waals surface area contributed by atoms with Crippen LogP contribution >= 0.6 is 0 Å². The van der Waals surface area contributed by atoms with Gasteiger partial charge in [0.05, 0.1) is 0 Å². The molecule has 100 valence electrons. The van der Waals surface area contributed by atoms with E-state index in [2.05, 4.69) is 9.47 Å². The van der Waals surface area contributed by atoms with Gasteiger partial charge in [-0.1, -0.05) is 18.2 Å². The number of para-hydroxylation sites is 1. The average molecular weight is 282 g/mol. The first-order valence-electron chi connectivity index (χ1n) is 4.47. The highest BCUT2D eigenvalue weighted by molar-refractivity contribution is 7.86. The lowest BCUT2D eigenvalue weighted by Crippen LogP contribution is -2.35. The lowest BCUT2D eigenvalue weighted by molar-refractivity contribution is -0.00561. The summed E-state index contributed by atoms with van der Waals surface area (Å²) in [6.45, 7) is -1.84. The summed E-state index contributed by atoms with van der Waals surface area (Å²) >= 11 is 0. The van der Waals surface area contributed by atoms with Crippen molar-refractivity contribution >= 4 is 16.3 Å². The predicted octanol–water partition coefficient (Wildman–Crippen LogP) is 1.68. The van der Waals surface area contributed by atoms with Gasteiger partial charge in [0.25, 0.3) is 0 Å². The second-order valence-electron chi connectivity index (χ2n) is 3.07. The van der Waals surface area contributed by atoms with Crippen molar-refractivity contribution in [2.24, 2.45) is 0 Å². The summed E-state index contributed by atoms with van der Waals surface area (Å²) in [6.07, 6.45) is -1.51. The van der Waals surface area contributed by atoms with E-state index in [1.165, 1.54) is 24.3 Å². The number of rotatable bonds is 4. The van der Waals surface area contributed by atoms with Gasteiger partial charge in [0.2, 0.25) is 0 Å². The van der Waals surface area contributed by atoms with Crippen molar-refractivity contribution in [3.63, 3.8) is 0 Å². The molecule has 18 heavy (non-hydrogen) atoms. The number of carbonyl (C=O) groups excluding carboxylic acids is 1. The van der Waals surface area contributed by atoms with E-state index >= 15 is 0 Å². The molecule has 1 aromatic rings. The number of carbonyl (C=O) groups is 1. The summed E-state index contributed by atoms with van der Waals surface area (Å²) in [5.74, 6) is 0.0395. The molecule has 0 unspecified atom stereocenters. The van der Waals surface area contributed by atoms with Crippen molar-refractivity contribution in [1.82, 2.24) is 0 Å². The quantitative estimate of drug-likeness (QED) is 0.513. The monoisotopic (exact) mass is 282 g/mol. The van der Waals surface area contributed by atoms with Crippen LogP contribution in [0.5, 0.6) is 5.75 Å². The minimum atomic E-state index is -5.64. The molecule has 0 atom stereocenters. The van der Waals surface area contributed by atoms with Gasteiger partial charge in [0.15, 0.2) is 6.61 Å². The molecule has 0 aliphatic rings. The first kappa shape index (κ1) is 14.3. The average Bonchev–Trinajstić information content (AvgIpc) is 2.26. The van der Waals surface area contributed by atoms with Crippen LogP contribution in [0.2, 0.25) is 0 Å². The Morgan fingerprint density at radius 3 is 2.33 bits per heavy atom. The first-order chi connectivity index (χ1) is 8.22. The number of halogens is 2. The Morgan fingerprint density at radius 1 is 1.28 bits per heavy atom. The van der Waals surface area contributed by atoms with Gasteiger partial charge >= 0.3 is 21.5 Å². The molecule has 0 bridgehead atoms. The van der Waals surface area contributed by atoms with Gasteiger partial charge in [-0.15, -0.1) is 0 Å². The number of ether oxygens (including phenoxy) is 2. The van der Waals surface area contributed by atoms with Gasteiger partial charge in [0.1, 0.15) is 5.75 Å². The smallest absolute Gasteiger partial charge is 0.426 e.